The smallest absolute Gasteiger partial charge is 0.328 e. The van der Waals surface area contributed by atoms with Crippen molar-refractivity contribution >= 4 is 22.6 Å². The van der Waals surface area contributed by atoms with Gasteiger partial charge in [0.2, 0.25) is 0 Å². The van der Waals surface area contributed by atoms with E-state index in [9.17, 15) is 9.90 Å². The maximum atomic E-state index is 11.3. The van der Waals surface area contributed by atoms with E-state index in [4.69, 9.17) is 0 Å². The summed E-state index contributed by atoms with van der Waals surface area (Å²) in [6.45, 7) is 3.28. The van der Waals surface area contributed by atoms with Crippen molar-refractivity contribution in [1.29, 1.82) is 0 Å². The van der Waals surface area contributed by atoms with Crippen molar-refractivity contribution in [2.45, 2.75) is 19.4 Å². The molecule has 1 N–H and O–H groups in total. The molecule has 0 unspecified atom stereocenters. The fourth-order valence-corrected chi connectivity index (χ4v) is 1.67. The number of hydrogen-bond donors (Lipinski definition) is 1. The molecule has 2 aromatic rings. The second-order valence-corrected chi connectivity index (χ2v) is 4.68. The maximum Gasteiger partial charge on any atom is 0.328 e. The van der Waals surface area contributed by atoms with Gasteiger partial charge in [0.25, 0.3) is 0 Å². The number of benzene rings is 1. The monoisotopic (exact) mass is 245 g/mol. The van der Waals surface area contributed by atoms with Crippen LogP contribution in [0.4, 0.5) is 5.82 Å². The van der Waals surface area contributed by atoms with Crippen LogP contribution in [0.15, 0.2) is 30.5 Å². The minimum atomic E-state index is -1.04. The van der Waals surface area contributed by atoms with E-state index in [2.05, 4.69) is 10.2 Å². The van der Waals surface area contributed by atoms with Crippen molar-refractivity contribution in [3.63, 3.8) is 0 Å². The van der Waals surface area contributed by atoms with E-state index in [0.717, 1.165) is 10.8 Å². The third kappa shape index (κ3) is 1.88. The topological polar surface area (TPSA) is 66.3 Å². The molecule has 0 radical (unpaired) electrons. The van der Waals surface area contributed by atoms with Crippen molar-refractivity contribution in [2.75, 3.05) is 11.9 Å². The van der Waals surface area contributed by atoms with E-state index in [-0.39, 0.29) is 0 Å². The van der Waals surface area contributed by atoms with E-state index >= 15 is 0 Å². The van der Waals surface area contributed by atoms with Crippen molar-refractivity contribution in [3.05, 3.63) is 30.5 Å². The van der Waals surface area contributed by atoms with Crippen molar-refractivity contribution < 1.29 is 9.90 Å². The minimum absolute atomic E-state index is 0.570. The van der Waals surface area contributed by atoms with E-state index in [1.54, 1.807) is 32.0 Å². The number of fused-ring (bicyclic) bond motifs is 1. The molecule has 5 nitrogen and oxygen atoms in total. The van der Waals surface area contributed by atoms with E-state index in [1.165, 1.54) is 0 Å². The molecule has 0 bridgehead atoms. The average molecular weight is 245 g/mol. The predicted octanol–water partition coefficient (Wildman–Crippen LogP) is 1.93. The van der Waals surface area contributed by atoms with Gasteiger partial charge in [0.05, 0.1) is 6.20 Å². The normalized spacial score (nSPS) is 11.5. The number of aliphatic carboxylic acids is 1. The Bertz CT molecular complexity index is 590. The largest absolute Gasteiger partial charge is 0.480 e. The predicted molar refractivity (Wildman–Crippen MR) is 69.7 cm³/mol. The van der Waals surface area contributed by atoms with Crippen LogP contribution in [0.2, 0.25) is 0 Å². The van der Waals surface area contributed by atoms with Gasteiger partial charge in [-0.3, -0.25) is 0 Å². The van der Waals surface area contributed by atoms with Gasteiger partial charge in [-0.1, -0.05) is 24.3 Å². The molecule has 1 aromatic heterocycles. The lowest BCUT2D eigenvalue weighted by atomic mass is 10.0. The minimum Gasteiger partial charge on any atom is -0.480 e. The molecule has 0 fully saturated rings. The van der Waals surface area contributed by atoms with Gasteiger partial charge in [-0.15, -0.1) is 5.10 Å². The van der Waals surface area contributed by atoms with Gasteiger partial charge < -0.3 is 10.0 Å². The zero-order valence-corrected chi connectivity index (χ0v) is 10.6. The fraction of sp³-hybridized carbons (Fsp3) is 0.308. The van der Waals surface area contributed by atoms with Crippen molar-refractivity contribution in [3.8, 4) is 0 Å². The van der Waals surface area contributed by atoms with Gasteiger partial charge in [-0.25, -0.2) is 4.79 Å². The molecular formula is C13H15N3O2. The van der Waals surface area contributed by atoms with Crippen LogP contribution in [-0.4, -0.2) is 33.9 Å². The standard InChI is InChI=1S/C13H15N3O2/c1-13(2,12(17)18)16(3)11-10-7-5-4-6-9(10)8-14-15-11/h4-8H,1-3H3,(H,17,18). The summed E-state index contributed by atoms with van der Waals surface area (Å²) in [6.07, 6.45) is 1.67. The molecule has 0 aliphatic carbocycles. The first-order chi connectivity index (χ1) is 8.44. The molecular weight excluding hydrogens is 230 g/mol. The lowest BCUT2D eigenvalue weighted by molar-refractivity contribution is -0.142. The molecule has 0 amide bonds. The summed E-state index contributed by atoms with van der Waals surface area (Å²) in [6, 6.07) is 7.65. The number of carbonyl (C=O) groups is 1. The Hall–Kier alpha value is -2.17. The molecule has 0 saturated heterocycles. The Balaban J connectivity index is 2.58. The van der Waals surface area contributed by atoms with Crippen LogP contribution >= 0.6 is 0 Å². The van der Waals surface area contributed by atoms with Crippen molar-refractivity contribution in [1.82, 2.24) is 10.2 Å². The second kappa shape index (κ2) is 4.25. The molecule has 0 atom stereocenters. The summed E-state index contributed by atoms with van der Waals surface area (Å²) in [5, 5.41) is 19.1. The molecule has 1 heterocycles. The second-order valence-electron chi connectivity index (χ2n) is 4.68. The van der Waals surface area contributed by atoms with Gasteiger partial charge in [0.1, 0.15) is 5.54 Å². The SMILES string of the molecule is CN(c1nncc2ccccc12)C(C)(C)C(=O)O. The number of anilines is 1. The summed E-state index contributed by atoms with van der Waals surface area (Å²) in [5.41, 5.74) is -1.04. The van der Waals surface area contributed by atoms with Crippen LogP contribution in [-0.2, 0) is 4.79 Å². The van der Waals surface area contributed by atoms with Crippen LogP contribution in [0.25, 0.3) is 10.8 Å². The zero-order chi connectivity index (χ0) is 13.3. The molecule has 94 valence electrons. The van der Waals surface area contributed by atoms with E-state index in [0.29, 0.717) is 5.82 Å². The number of likely N-dealkylation sites (N-methyl/N-ethyl adjacent to an activating group) is 1. The molecule has 5 heteroatoms. The summed E-state index contributed by atoms with van der Waals surface area (Å²) in [7, 11) is 1.71. The highest BCUT2D eigenvalue weighted by molar-refractivity contribution is 5.93. The Morgan fingerprint density at radius 2 is 2.00 bits per heavy atom. The summed E-state index contributed by atoms with van der Waals surface area (Å²) < 4.78 is 0. The van der Waals surface area contributed by atoms with E-state index < -0.39 is 11.5 Å². The number of rotatable bonds is 3. The Kier molecular flexibility index (Phi) is 2.90. The van der Waals surface area contributed by atoms with Crippen LogP contribution in [0, 0.1) is 0 Å². The Morgan fingerprint density at radius 3 is 2.67 bits per heavy atom. The van der Waals surface area contributed by atoms with Crippen LogP contribution in [0.5, 0.6) is 0 Å². The Morgan fingerprint density at radius 1 is 1.33 bits per heavy atom. The van der Waals surface area contributed by atoms with Crippen LogP contribution < -0.4 is 4.90 Å². The molecule has 0 saturated carbocycles. The first-order valence-electron chi connectivity index (χ1n) is 5.62. The van der Waals surface area contributed by atoms with Gasteiger partial charge in [-0.2, -0.15) is 5.10 Å². The summed E-state index contributed by atoms with van der Waals surface area (Å²) >= 11 is 0. The third-order valence-corrected chi connectivity index (χ3v) is 3.23. The molecule has 0 spiro atoms. The number of carboxylic acids is 1. The third-order valence-electron chi connectivity index (χ3n) is 3.23. The molecule has 1 aromatic carbocycles. The highest BCUT2D eigenvalue weighted by Crippen LogP contribution is 2.27. The first-order valence-corrected chi connectivity index (χ1v) is 5.62. The molecule has 2 rings (SSSR count). The van der Waals surface area contributed by atoms with Gasteiger partial charge >= 0.3 is 5.97 Å². The fourth-order valence-electron chi connectivity index (χ4n) is 1.67. The zero-order valence-electron chi connectivity index (χ0n) is 10.6. The summed E-state index contributed by atoms with van der Waals surface area (Å²) in [4.78, 5) is 12.9. The van der Waals surface area contributed by atoms with Crippen molar-refractivity contribution in [2.24, 2.45) is 0 Å². The molecule has 18 heavy (non-hydrogen) atoms. The van der Waals surface area contributed by atoms with Crippen LogP contribution in [0.1, 0.15) is 13.8 Å². The summed E-state index contributed by atoms with van der Waals surface area (Å²) in [5.74, 6) is -0.333. The number of carboxylic acid groups (broad SMARTS) is 1. The van der Waals surface area contributed by atoms with Gasteiger partial charge in [-0.05, 0) is 13.8 Å². The molecule has 0 aliphatic rings. The highest BCUT2D eigenvalue weighted by Gasteiger charge is 2.33. The van der Waals surface area contributed by atoms with Crippen LogP contribution in [0.3, 0.4) is 0 Å². The lowest BCUT2D eigenvalue weighted by Gasteiger charge is -2.32. The van der Waals surface area contributed by atoms with Gasteiger partial charge in [0.15, 0.2) is 5.82 Å². The Labute approximate surface area is 105 Å². The number of nitrogens with zero attached hydrogens (tertiary/aromatic N) is 3. The molecule has 0 aliphatic heterocycles. The lowest BCUT2D eigenvalue weighted by Crippen LogP contribution is -2.48. The average Bonchev–Trinajstić information content (AvgIpc) is 2.37. The highest BCUT2D eigenvalue weighted by atomic mass is 16.4. The maximum absolute atomic E-state index is 11.3. The first kappa shape index (κ1) is 12.3. The van der Waals surface area contributed by atoms with E-state index in [1.807, 2.05) is 24.3 Å². The quantitative estimate of drug-likeness (QED) is 0.895. The van der Waals surface area contributed by atoms with Gasteiger partial charge in [0, 0.05) is 17.8 Å². The number of aromatic nitrogens is 2. The number of hydrogen-bond acceptors (Lipinski definition) is 4.